The van der Waals surface area contributed by atoms with E-state index in [0.29, 0.717) is 16.7 Å². The number of nitrogens with one attached hydrogen (secondary N) is 2. The van der Waals surface area contributed by atoms with Gasteiger partial charge >= 0.3 is 0 Å². The van der Waals surface area contributed by atoms with Crippen molar-refractivity contribution >= 4 is 35.1 Å². The zero-order valence-corrected chi connectivity index (χ0v) is 12.5. The first-order chi connectivity index (χ1) is 10.0. The lowest BCUT2D eigenvalue weighted by Gasteiger charge is -2.05. The van der Waals surface area contributed by atoms with E-state index >= 15 is 0 Å². The molecule has 1 aromatic carbocycles. The average molecular weight is 325 g/mol. The molecular weight excluding hydrogens is 312 g/mol. The molecule has 2 rings (SSSR count). The molecular formula is C13H13ClN4O2S. The van der Waals surface area contributed by atoms with Crippen molar-refractivity contribution in [3.63, 3.8) is 0 Å². The zero-order valence-electron chi connectivity index (χ0n) is 10.9. The summed E-state index contributed by atoms with van der Waals surface area (Å²) in [6, 6.07) is 8.39. The summed E-state index contributed by atoms with van der Waals surface area (Å²) in [7, 11) is 0. The molecule has 0 unspecified atom stereocenters. The Kier molecular flexibility index (Phi) is 5.24. The van der Waals surface area contributed by atoms with Crippen LogP contribution in [0.2, 0.25) is 5.02 Å². The molecule has 0 aliphatic rings. The number of hydrogen-bond acceptors (Lipinski definition) is 5. The number of nitrogens with zero attached hydrogens (tertiary/aromatic N) is 1. The first-order valence-electron chi connectivity index (χ1n) is 6.04. The van der Waals surface area contributed by atoms with Gasteiger partial charge in [-0.05, 0) is 17.7 Å². The number of hydrogen-bond donors (Lipinski definition) is 3. The predicted molar refractivity (Wildman–Crippen MR) is 83.3 cm³/mol. The fraction of sp³-hybridized carbons (Fsp3) is 0.154. The minimum Gasteiger partial charge on any atom is -0.383 e. The van der Waals surface area contributed by atoms with Gasteiger partial charge in [0.05, 0.1) is 5.75 Å². The van der Waals surface area contributed by atoms with E-state index in [4.69, 9.17) is 17.3 Å². The maximum absolute atomic E-state index is 11.7. The average Bonchev–Trinajstić information content (AvgIpc) is 2.43. The van der Waals surface area contributed by atoms with Crippen LogP contribution in [0.4, 0.5) is 5.82 Å². The summed E-state index contributed by atoms with van der Waals surface area (Å²) in [5.74, 6) is 0.0998. The van der Waals surface area contributed by atoms with Crippen molar-refractivity contribution in [2.24, 2.45) is 0 Å². The highest BCUT2D eigenvalue weighted by molar-refractivity contribution is 7.99. The summed E-state index contributed by atoms with van der Waals surface area (Å²) in [5, 5.41) is 3.74. The molecule has 0 spiro atoms. The van der Waals surface area contributed by atoms with Crippen molar-refractivity contribution in [1.29, 1.82) is 0 Å². The van der Waals surface area contributed by atoms with E-state index in [-0.39, 0.29) is 23.0 Å². The topological polar surface area (TPSA) is 101 Å². The summed E-state index contributed by atoms with van der Waals surface area (Å²) in [6.07, 6.45) is 0. The molecule has 0 aliphatic heterocycles. The minimum absolute atomic E-state index is 0.128. The summed E-state index contributed by atoms with van der Waals surface area (Å²) in [4.78, 5) is 29.3. The smallest absolute Gasteiger partial charge is 0.253 e. The Hall–Kier alpha value is -1.99. The Morgan fingerprint density at radius 3 is 2.76 bits per heavy atom. The summed E-state index contributed by atoms with van der Waals surface area (Å²) in [6.45, 7) is 0.414. The fourth-order valence-electron chi connectivity index (χ4n) is 1.51. The van der Waals surface area contributed by atoms with Gasteiger partial charge in [0.1, 0.15) is 5.82 Å². The summed E-state index contributed by atoms with van der Waals surface area (Å²) < 4.78 is 0. The van der Waals surface area contributed by atoms with Gasteiger partial charge in [0.2, 0.25) is 5.91 Å². The quantitative estimate of drug-likeness (QED) is 0.570. The Morgan fingerprint density at radius 2 is 2.10 bits per heavy atom. The number of thioether (sulfide) groups is 1. The third-order valence-electron chi connectivity index (χ3n) is 2.48. The van der Waals surface area contributed by atoms with Gasteiger partial charge in [0.25, 0.3) is 5.56 Å². The van der Waals surface area contributed by atoms with Crippen LogP contribution in [0, 0.1) is 0 Å². The van der Waals surface area contributed by atoms with E-state index in [1.807, 2.05) is 12.1 Å². The van der Waals surface area contributed by atoms with E-state index in [2.05, 4.69) is 15.3 Å². The number of rotatable bonds is 5. The molecule has 8 heteroatoms. The van der Waals surface area contributed by atoms with Gasteiger partial charge in [-0.2, -0.15) is 0 Å². The maximum Gasteiger partial charge on any atom is 0.253 e. The van der Waals surface area contributed by atoms with E-state index in [0.717, 1.165) is 17.3 Å². The van der Waals surface area contributed by atoms with Crippen LogP contribution in [-0.4, -0.2) is 21.6 Å². The molecule has 0 atom stereocenters. The van der Waals surface area contributed by atoms with Crippen LogP contribution in [0.5, 0.6) is 0 Å². The Morgan fingerprint density at radius 1 is 1.38 bits per heavy atom. The molecule has 0 fully saturated rings. The molecule has 1 heterocycles. The van der Waals surface area contributed by atoms with Gasteiger partial charge in [-0.3, -0.25) is 9.59 Å². The van der Waals surface area contributed by atoms with Crippen LogP contribution in [0.3, 0.4) is 0 Å². The van der Waals surface area contributed by atoms with E-state index in [9.17, 15) is 9.59 Å². The molecule has 6 nitrogen and oxygen atoms in total. The van der Waals surface area contributed by atoms with Crippen LogP contribution in [0.25, 0.3) is 0 Å². The molecule has 21 heavy (non-hydrogen) atoms. The highest BCUT2D eigenvalue weighted by atomic mass is 35.5. The van der Waals surface area contributed by atoms with Crippen LogP contribution in [0.15, 0.2) is 40.3 Å². The highest BCUT2D eigenvalue weighted by Crippen LogP contribution is 2.12. The van der Waals surface area contributed by atoms with E-state index < -0.39 is 0 Å². The molecule has 1 aromatic heterocycles. The second kappa shape index (κ2) is 7.14. The Labute approximate surface area is 130 Å². The standard InChI is InChI=1S/C13H13ClN4O2S/c14-9-3-1-8(2-4-9)6-16-12(20)7-21-13-17-10(15)5-11(19)18-13/h1-5H,6-7H2,(H,16,20)(H3,15,17,18,19). The monoisotopic (exact) mass is 324 g/mol. The van der Waals surface area contributed by atoms with Gasteiger partial charge in [-0.25, -0.2) is 4.98 Å². The number of nitrogens with two attached hydrogens (primary N) is 1. The van der Waals surface area contributed by atoms with Gasteiger partial charge in [-0.1, -0.05) is 35.5 Å². The van der Waals surface area contributed by atoms with Crippen LogP contribution >= 0.6 is 23.4 Å². The molecule has 1 amide bonds. The van der Waals surface area contributed by atoms with Crippen LogP contribution in [0.1, 0.15) is 5.56 Å². The third kappa shape index (κ3) is 5.13. The number of carbonyl (C=O) groups excluding carboxylic acids is 1. The second-order valence-electron chi connectivity index (χ2n) is 4.17. The number of nitrogen functional groups attached to an aromatic ring is 1. The first kappa shape index (κ1) is 15.4. The number of H-pyrrole nitrogens is 1. The van der Waals surface area contributed by atoms with Crippen LogP contribution < -0.4 is 16.6 Å². The number of aromatic amines is 1. The van der Waals surface area contributed by atoms with Crippen molar-refractivity contribution in [3.05, 3.63) is 51.3 Å². The number of carbonyl (C=O) groups is 1. The van der Waals surface area contributed by atoms with Crippen molar-refractivity contribution < 1.29 is 4.79 Å². The number of benzene rings is 1. The minimum atomic E-state index is -0.341. The van der Waals surface area contributed by atoms with Crippen molar-refractivity contribution in [1.82, 2.24) is 15.3 Å². The lowest BCUT2D eigenvalue weighted by atomic mass is 10.2. The van der Waals surface area contributed by atoms with Gasteiger partial charge in [0, 0.05) is 17.6 Å². The molecule has 4 N–H and O–H groups in total. The Bertz CT molecular complexity index is 687. The maximum atomic E-state index is 11.7. The lowest BCUT2D eigenvalue weighted by Crippen LogP contribution is -2.24. The second-order valence-corrected chi connectivity index (χ2v) is 5.57. The van der Waals surface area contributed by atoms with E-state index in [1.165, 1.54) is 6.07 Å². The van der Waals surface area contributed by atoms with E-state index in [1.54, 1.807) is 12.1 Å². The van der Waals surface area contributed by atoms with Gasteiger partial charge in [0.15, 0.2) is 5.16 Å². The normalized spacial score (nSPS) is 10.3. The van der Waals surface area contributed by atoms with Gasteiger partial charge in [-0.15, -0.1) is 0 Å². The molecule has 0 aliphatic carbocycles. The molecule has 0 saturated heterocycles. The molecule has 110 valence electrons. The summed E-state index contributed by atoms with van der Waals surface area (Å²) in [5.41, 5.74) is 6.07. The number of aromatic nitrogens is 2. The Balaban J connectivity index is 1.82. The third-order valence-corrected chi connectivity index (χ3v) is 3.61. The lowest BCUT2D eigenvalue weighted by molar-refractivity contribution is -0.118. The van der Waals surface area contributed by atoms with Crippen molar-refractivity contribution in [3.8, 4) is 0 Å². The molecule has 0 bridgehead atoms. The zero-order chi connectivity index (χ0) is 15.2. The van der Waals surface area contributed by atoms with Crippen LogP contribution in [-0.2, 0) is 11.3 Å². The first-order valence-corrected chi connectivity index (χ1v) is 7.40. The molecule has 2 aromatic rings. The SMILES string of the molecule is Nc1cc(=O)[nH]c(SCC(=O)NCc2ccc(Cl)cc2)n1. The largest absolute Gasteiger partial charge is 0.383 e. The summed E-state index contributed by atoms with van der Waals surface area (Å²) >= 11 is 6.90. The molecule has 0 radical (unpaired) electrons. The fourth-order valence-corrected chi connectivity index (χ4v) is 2.35. The number of amides is 1. The van der Waals surface area contributed by atoms with Crippen molar-refractivity contribution in [2.75, 3.05) is 11.5 Å². The highest BCUT2D eigenvalue weighted by Gasteiger charge is 2.05. The van der Waals surface area contributed by atoms with Gasteiger partial charge < -0.3 is 16.0 Å². The molecule has 0 saturated carbocycles. The predicted octanol–water partition coefficient (Wildman–Crippen LogP) is 1.41. The number of halogens is 1. The number of anilines is 1. The van der Waals surface area contributed by atoms with Crippen molar-refractivity contribution in [2.45, 2.75) is 11.7 Å².